The molecule has 2 atom stereocenters. The number of hydrogen-bond acceptors (Lipinski definition) is 3. The van der Waals surface area contributed by atoms with E-state index in [0.29, 0.717) is 19.5 Å². The molecule has 0 spiro atoms. The molecule has 3 N–H and O–H groups in total. The number of aliphatic hydroxyl groups is 1. The van der Waals surface area contributed by atoms with E-state index in [9.17, 15) is 18.3 Å². The molecule has 2 fully saturated rings. The second kappa shape index (κ2) is 4.98. The number of alkyl halides is 3. The number of likely N-dealkylation sites (tertiary alicyclic amines) is 1. The molecule has 2 rings (SSSR count). The van der Waals surface area contributed by atoms with Gasteiger partial charge in [-0.2, -0.15) is 13.2 Å². The van der Waals surface area contributed by atoms with E-state index in [0.717, 1.165) is 12.8 Å². The van der Waals surface area contributed by atoms with Crippen LogP contribution >= 0.6 is 0 Å². The highest BCUT2D eigenvalue weighted by molar-refractivity contribution is 4.97. The molecule has 0 aromatic carbocycles. The lowest BCUT2D eigenvalue weighted by atomic mass is 9.94. The van der Waals surface area contributed by atoms with Gasteiger partial charge in [-0.15, -0.1) is 0 Å². The Hall–Kier alpha value is -0.330. The predicted octanol–water partition coefficient (Wildman–Crippen LogP) is 1.50. The minimum atomic E-state index is -4.05. The quantitative estimate of drug-likeness (QED) is 0.796. The van der Waals surface area contributed by atoms with Gasteiger partial charge in [0.15, 0.2) is 0 Å². The Morgan fingerprint density at radius 3 is 2.28 bits per heavy atom. The molecule has 1 saturated heterocycles. The van der Waals surface area contributed by atoms with Crippen molar-refractivity contribution in [2.75, 3.05) is 19.7 Å². The molecule has 6 heteroatoms. The largest absolute Gasteiger partial charge is 0.394 e. The fourth-order valence-corrected chi connectivity index (χ4v) is 3.17. The Morgan fingerprint density at radius 1 is 1.22 bits per heavy atom. The number of piperidine rings is 1. The van der Waals surface area contributed by atoms with Crippen LogP contribution in [0.3, 0.4) is 0 Å². The van der Waals surface area contributed by atoms with E-state index >= 15 is 0 Å². The Balaban J connectivity index is 1.84. The highest BCUT2D eigenvalue weighted by atomic mass is 19.4. The average Bonchev–Trinajstić information content (AvgIpc) is 2.72. The summed E-state index contributed by atoms with van der Waals surface area (Å²) in [5.41, 5.74) is 5.47. The van der Waals surface area contributed by atoms with E-state index in [-0.39, 0.29) is 25.5 Å². The third-order valence-electron chi connectivity index (χ3n) is 4.44. The third-order valence-corrected chi connectivity index (χ3v) is 4.44. The van der Waals surface area contributed by atoms with Crippen molar-refractivity contribution in [3.05, 3.63) is 0 Å². The molecule has 1 saturated carbocycles. The van der Waals surface area contributed by atoms with Crippen LogP contribution in [0.15, 0.2) is 0 Å². The number of hydrogen-bond donors (Lipinski definition) is 2. The molecule has 0 bridgehead atoms. The van der Waals surface area contributed by atoms with E-state index in [1.54, 1.807) is 0 Å². The first-order valence-corrected chi connectivity index (χ1v) is 6.54. The average molecular weight is 266 g/mol. The molecule has 18 heavy (non-hydrogen) atoms. The molecule has 0 radical (unpaired) electrons. The van der Waals surface area contributed by atoms with Gasteiger partial charge in [0.1, 0.15) is 0 Å². The maximum atomic E-state index is 12.6. The van der Waals surface area contributed by atoms with Crippen LogP contribution in [-0.4, -0.2) is 47.5 Å². The SMILES string of the molecule is NC1(CO)CCC(N2CCC(C(F)(F)F)CC2)C1. The van der Waals surface area contributed by atoms with Gasteiger partial charge < -0.3 is 15.7 Å². The summed E-state index contributed by atoms with van der Waals surface area (Å²) in [6.45, 7) is 0.954. The number of aliphatic hydroxyl groups excluding tert-OH is 1. The molecule has 1 aliphatic carbocycles. The van der Waals surface area contributed by atoms with Gasteiger partial charge in [0.05, 0.1) is 12.5 Å². The van der Waals surface area contributed by atoms with Crippen molar-refractivity contribution < 1.29 is 18.3 Å². The van der Waals surface area contributed by atoms with Crippen molar-refractivity contribution in [2.24, 2.45) is 11.7 Å². The van der Waals surface area contributed by atoms with Crippen molar-refractivity contribution in [1.82, 2.24) is 4.90 Å². The van der Waals surface area contributed by atoms with Gasteiger partial charge in [0.2, 0.25) is 0 Å². The van der Waals surface area contributed by atoms with Crippen molar-refractivity contribution in [2.45, 2.75) is 49.9 Å². The molecular formula is C12H21F3N2O. The smallest absolute Gasteiger partial charge is 0.391 e. The van der Waals surface area contributed by atoms with E-state index in [1.807, 2.05) is 0 Å². The molecule has 106 valence electrons. The molecule has 1 aliphatic heterocycles. The van der Waals surface area contributed by atoms with E-state index in [2.05, 4.69) is 4.90 Å². The van der Waals surface area contributed by atoms with Crippen LogP contribution in [0.1, 0.15) is 32.1 Å². The van der Waals surface area contributed by atoms with Crippen molar-refractivity contribution in [3.8, 4) is 0 Å². The summed E-state index contributed by atoms with van der Waals surface area (Å²) in [6, 6.07) is 0.247. The van der Waals surface area contributed by atoms with Crippen LogP contribution < -0.4 is 5.73 Å². The van der Waals surface area contributed by atoms with Crippen LogP contribution in [0.5, 0.6) is 0 Å². The summed E-state index contributed by atoms with van der Waals surface area (Å²) in [6.07, 6.45) is -1.33. The van der Waals surface area contributed by atoms with Crippen molar-refractivity contribution >= 4 is 0 Å². The van der Waals surface area contributed by atoms with Crippen molar-refractivity contribution in [1.29, 1.82) is 0 Å². The number of nitrogens with two attached hydrogens (primary N) is 1. The molecule has 2 aliphatic rings. The fourth-order valence-electron chi connectivity index (χ4n) is 3.17. The first-order valence-electron chi connectivity index (χ1n) is 6.54. The summed E-state index contributed by atoms with van der Waals surface area (Å²) in [5.74, 6) is -1.14. The highest BCUT2D eigenvalue weighted by Crippen LogP contribution is 2.37. The Kier molecular flexibility index (Phi) is 3.90. The topological polar surface area (TPSA) is 49.5 Å². The van der Waals surface area contributed by atoms with Gasteiger partial charge in [-0.3, -0.25) is 0 Å². The lowest BCUT2D eigenvalue weighted by Crippen LogP contribution is -2.46. The van der Waals surface area contributed by atoms with Gasteiger partial charge in [-0.1, -0.05) is 0 Å². The summed E-state index contributed by atoms with van der Waals surface area (Å²) in [4.78, 5) is 2.12. The number of nitrogens with zero attached hydrogens (tertiary/aromatic N) is 1. The zero-order valence-electron chi connectivity index (χ0n) is 10.4. The Bertz CT molecular complexity index is 290. The zero-order chi connectivity index (χ0) is 13.4. The van der Waals surface area contributed by atoms with Crippen LogP contribution in [0, 0.1) is 5.92 Å². The Morgan fingerprint density at radius 2 is 1.83 bits per heavy atom. The second-order valence-corrected chi connectivity index (χ2v) is 5.77. The summed E-state index contributed by atoms with van der Waals surface area (Å²) in [7, 11) is 0. The molecule has 0 aromatic heterocycles. The third kappa shape index (κ3) is 2.97. The second-order valence-electron chi connectivity index (χ2n) is 5.77. The van der Waals surface area contributed by atoms with E-state index in [4.69, 9.17) is 5.73 Å². The Labute approximate surface area is 105 Å². The summed E-state index contributed by atoms with van der Waals surface area (Å²) < 4.78 is 37.7. The monoisotopic (exact) mass is 266 g/mol. The summed E-state index contributed by atoms with van der Waals surface area (Å²) in [5, 5.41) is 9.20. The van der Waals surface area contributed by atoms with Gasteiger partial charge in [-0.25, -0.2) is 0 Å². The lowest BCUT2D eigenvalue weighted by molar-refractivity contribution is -0.186. The van der Waals surface area contributed by atoms with E-state index < -0.39 is 17.6 Å². The van der Waals surface area contributed by atoms with Crippen molar-refractivity contribution in [3.63, 3.8) is 0 Å². The standard InChI is InChI=1S/C12H21F3N2O/c13-12(14,15)9-2-5-17(6-3-9)10-1-4-11(16,7-10)8-18/h9-10,18H,1-8,16H2. The first-order chi connectivity index (χ1) is 8.34. The minimum absolute atomic E-state index is 0.0392. The van der Waals surface area contributed by atoms with Crippen LogP contribution in [0.25, 0.3) is 0 Å². The van der Waals surface area contributed by atoms with Gasteiger partial charge >= 0.3 is 6.18 Å². The highest BCUT2D eigenvalue weighted by Gasteiger charge is 2.44. The molecule has 2 unspecified atom stereocenters. The molecule has 3 nitrogen and oxygen atoms in total. The molecule has 0 amide bonds. The van der Waals surface area contributed by atoms with Crippen LogP contribution in [-0.2, 0) is 0 Å². The van der Waals surface area contributed by atoms with Gasteiger partial charge in [-0.05, 0) is 45.2 Å². The zero-order valence-corrected chi connectivity index (χ0v) is 10.4. The maximum Gasteiger partial charge on any atom is 0.391 e. The van der Waals surface area contributed by atoms with Crippen LogP contribution in [0.4, 0.5) is 13.2 Å². The predicted molar refractivity (Wildman–Crippen MR) is 62.0 cm³/mol. The molecular weight excluding hydrogens is 245 g/mol. The first kappa shape index (κ1) is 14.1. The van der Waals surface area contributed by atoms with Crippen LogP contribution in [0.2, 0.25) is 0 Å². The summed E-state index contributed by atoms with van der Waals surface area (Å²) >= 11 is 0. The number of halogens is 3. The van der Waals surface area contributed by atoms with Gasteiger partial charge in [0.25, 0.3) is 0 Å². The maximum absolute atomic E-state index is 12.6. The lowest BCUT2D eigenvalue weighted by Gasteiger charge is -2.37. The minimum Gasteiger partial charge on any atom is -0.394 e. The van der Waals surface area contributed by atoms with E-state index in [1.165, 1.54) is 0 Å². The molecule has 1 heterocycles. The fraction of sp³-hybridized carbons (Fsp3) is 1.00. The number of rotatable bonds is 2. The normalized spacial score (nSPS) is 36.2. The van der Waals surface area contributed by atoms with Gasteiger partial charge in [0, 0.05) is 11.6 Å². The molecule has 0 aromatic rings.